The Morgan fingerprint density at radius 2 is 1.86 bits per heavy atom. The Labute approximate surface area is 208 Å². The fourth-order valence-corrected chi connectivity index (χ4v) is 3.43. The molecule has 8 heteroatoms. The van der Waals surface area contributed by atoms with Crippen LogP contribution >= 0.6 is 11.6 Å². The van der Waals surface area contributed by atoms with Gasteiger partial charge in [-0.15, -0.1) is 0 Å². The molecule has 0 saturated carbocycles. The maximum atomic E-state index is 12.6. The maximum Gasteiger partial charge on any atom is 0.335 e. The number of rotatable bonds is 9. The molecular weight excluding hydrogens is 468 g/mol. The second-order valence-corrected chi connectivity index (χ2v) is 7.95. The maximum absolute atomic E-state index is 12.6. The summed E-state index contributed by atoms with van der Waals surface area (Å²) in [4.78, 5) is 23.8. The van der Waals surface area contributed by atoms with Crippen LogP contribution in [-0.2, 0) is 11.4 Å². The summed E-state index contributed by atoms with van der Waals surface area (Å²) in [5.41, 5.74) is 2.65. The van der Waals surface area contributed by atoms with Gasteiger partial charge in [0.05, 0.1) is 17.2 Å². The number of aromatic carboxylic acids is 1. The third-order valence-corrected chi connectivity index (χ3v) is 5.16. The molecule has 0 aliphatic heterocycles. The van der Waals surface area contributed by atoms with E-state index in [4.69, 9.17) is 26.2 Å². The summed E-state index contributed by atoms with van der Waals surface area (Å²) in [6.07, 6.45) is 1.37. The largest absolute Gasteiger partial charge is 0.490 e. The number of nitrogens with one attached hydrogen (secondary N) is 1. The van der Waals surface area contributed by atoms with Crippen molar-refractivity contribution in [3.8, 4) is 17.6 Å². The smallest absolute Gasteiger partial charge is 0.335 e. The molecule has 0 fully saturated rings. The van der Waals surface area contributed by atoms with Gasteiger partial charge in [0.2, 0.25) is 0 Å². The average Bonchev–Trinajstić information content (AvgIpc) is 2.83. The van der Waals surface area contributed by atoms with Gasteiger partial charge in [-0.05, 0) is 61.4 Å². The van der Waals surface area contributed by atoms with Crippen molar-refractivity contribution in [2.45, 2.75) is 20.5 Å². The van der Waals surface area contributed by atoms with Crippen LogP contribution in [0.3, 0.4) is 0 Å². The van der Waals surface area contributed by atoms with Crippen LogP contribution in [-0.4, -0.2) is 23.6 Å². The normalized spacial score (nSPS) is 10.9. The number of halogens is 1. The van der Waals surface area contributed by atoms with Crippen molar-refractivity contribution in [1.82, 2.24) is 0 Å². The number of carbonyl (C=O) groups excluding carboxylic acids is 1. The Balaban J connectivity index is 1.84. The first-order chi connectivity index (χ1) is 16.8. The van der Waals surface area contributed by atoms with E-state index in [0.717, 1.165) is 11.1 Å². The van der Waals surface area contributed by atoms with Gasteiger partial charge in [-0.25, -0.2) is 4.79 Å². The second-order valence-electron chi connectivity index (χ2n) is 7.55. The zero-order valence-electron chi connectivity index (χ0n) is 19.2. The Morgan fingerprint density at radius 3 is 2.51 bits per heavy atom. The zero-order chi connectivity index (χ0) is 25.4. The third-order valence-electron chi connectivity index (χ3n) is 4.88. The van der Waals surface area contributed by atoms with Gasteiger partial charge in [0.25, 0.3) is 5.91 Å². The molecule has 0 aliphatic carbocycles. The van der Waals surface area contributed by atoms with E-state index in [1.54, 1.807) is 12.1 Å². The Morgan fingerprint density at radius 1 is 1.11 bits per heavy atom. The van der Waals surface area contributed by atoms with Crippen LogP contribution in [0.5, 0.6) is 11.5 Å². The van der Waals surface area contributed by atoms with Crippen LogP contribution in [0.25, 0.3) is 6.08 Å². The molecule has 0 unspecified atom stereocenters. The molecule has 7 nitrogen and oxygen atoms in total. The van der Waals surface area contributed by atoms with Crippen LogP contribution < -0.4 is 14.8 Å². The molecule has 0 atom stereocenters. The lowest BCUT2D eigenvalue weighted by Gasteiger charge is -2.15. The molecule has 3 rings (SSSR count). The van der Waals surface area contributed by atoms with Crippen LogP contribution in [0.2, 0.25) is 5.02 Å². The molecule has 0 spiro atoms. The summed E-state index contributed by atoms with van der Waals surface area (Å²) in [6, 6.07) is 18.7. The fourth-order valence-electron chi connectivity index (χ4n) is 3.16. The number of nitriles is 1. The number of carboxylic acid groups (broad SMARTS) is 1. The van der Waals surface area contributed by atoms with Crippen molar-refractivity contribution in [1.29, 1.82) is 5.26 Å². The zero-order valence-corrected chi connectivity index (χ0v) is 19.9. The van der Waals surface area contributed by atoms with Crippen LogP contribution in [0, 0.1) is 18.3 Å². The number of nitrogens with zero attached hydrogens (tertiary/aromatic N) is 1. The summed E-state index contributed by atoms with van der Waals surface area (Å²) in [7, 11) is 0. The van der Waals surface area contributed by atoms with E-state index in [0.29, 0.717) is 23.7 Å². The van der Waals surface area contributed by atoms with E-state index in [1.807, 2.05) is 44.2 Å². The minimum absolute atomic E-state index is 0.0136. The van der Waals surface area contributed by atoms with Crippen LogP contribution in [0.1, 0.15) is 34.0 Å². The molecular formula is C27H23ClN2O5. The molecule has 3 aromatic rings. The molecule has 0 bridgehead atoms. The Bertz CT molecular complexity index is 1310. The van der Waals surface area contributed by atoms with Gasteiger partial charge in [0, 0.05) is 5.69 Å². The van der Waals surface area contributed by atoms with Crippen molar-refractivity contribution >= 4 is 35.2 Å². The highest BCUT2D eigenvalue weighted by Gasteiger charge is 2.15. The first-order valence-corrected chi connectivity index (χ1v) is 11.1. The summed E-state index contributed by atoms with van der Waals surface area (Å²) < 4.78 is 11.6. The molecule has 35 heavy (non-hydrogen) atoms. The topological polar surface area (TPSA) is 109 Å². The standard InChI is InChI=1S/C27H23ClN2O5/c1-3-34-24-13-19(12-23(28)25(24)35-16-18-9-7-17(2)8-10-18)11-21(15-29)26(31)30-22-6-4-5-20(14-22)27(32)33/h4-14H,3,16H2,1-2H3,(H,30,31)(H,32,33)/b21-11-. The minimum atomic E-state index is -1.13. The van der Waals surface area contributed by atoms with Crippen molar-refractivity contribution in [2.24, 2.45) is 0 Å². The Kier molecular flexibility index (Phi) is 8.49. The number of carbonyl (C=O) groups is 2. The predicted molar refractivity (Wildman–Crippen MR) is 134 cm³/mol. The van der Waals surface area contributed by atoms with Crippen molar-refractivity contribution in [3.05, 3.63) is 93.5 Å². The molecule has 0 aliphatic rings. The van der Waals surface area contributed by atoms with E-state index >= 15 is 0 Å². The van der Waals surface area contributed by atoms with Crippen molar-refractivity contribution < 1.29 is 24.2 Å². The molecule has 0 saturated heterocycles. The lowest BCUT2D eigenvalue weighted by atomic mass is 10.1. The number of benzene rings is 3. The summed E-state index contributed by atoms with van der Waals surface area (Å²) in [5, 5.41) is 21.5. The molecule has 0 heterocycles. The monoisotopic (exact) mass is 490 g/mol. The lowest BCUT2D eigenvalue weighted by molar-refractivity contribution is -0.112. The summed E-state index contributed by atoms with van der Waals surface area (Å²) >= 11 is 6.47. The molecule has 3 aromatic carbocycles. The van der Waals surface area contributed by atoms with Crippen LogP contribution in [0.15, 0.2) is 66.2 Å². The number of anilines is 1. The summed E-state index contributed by atoms with van der Waals surface area (Å²) in [5.74, 6) is -1.08. The van der Waals surface area contributed by atoms with Gasteiger partial charge in [-0.1, -0.05) is 47.5 Å². The van der Waals surface area contributed by atoms with Gasteiger partial charge in [-0.3, -0.25) is 4.79 Å². The third kappa shape index (κ3) is 6.85. The number of aryl methyl sites for hydroxylation is 1. The molecule has 0 aromatic heterocycles. The molecule has 2 N–H and O–H groups in total. The van der Waals surface area contributed by atoms with E-state index in [1.165, 1.54) is 30.3 Å². The average molecular weight is 491 g/mol. The number of carboxylic acids is 1. The fraction of sp³-hybridized carbons (Fsp3) is 0.148. The van der Waals surface area contributed by atoms with Crippen molar-refractivity contribution in [2.75, 3.05) is 11.9 Å². The SMILES string of the molecule is CCOc1cc(/C=C(/C#N)C(=O)Nc2cccc(C(=O)O)c2)cc(Cl)c1OCc1ccc(C)cc1. The van der Waals surface area contributed by atoms with Gasteiger partial charge in [0.15, 0.2) is 11.5 Å². The van der Waals surface area contributed by atoms with E-state index < -0.39 is 11.9 Å². The predicted octanol–water partition coefficient (Wildman–Crippen LogP) is 5.87. The van der Waals surface area contributed by atoms with E-state index in [2.05, 4.69) is 5.32 Å². The minimum Gasteiger partial charge on any atom is -0.490 e. The van der Waals surface area contributed by atoms with Gasteiger partial charge >= 0.3 is 5.97 Å². The highest BCUT2D eigenvalue weighted by molar-refractivity contribution is 6.32. The van der Waals surface area contributed by atoms with Gasteiger partial charge < -0.3 is 19.9 Å². The van der Waals surface area contributed by atoms with Gasteiger partial charge in [0.1, 0.15) is 18.2 Å². The first-order valence-electron chi connectivity index (χ1n) is 10.7. The van der Waals surface area contributed by atoms with E-state index in [9.17, 15) is 14.9 Å². The number of hydrogen-bond acceptors (Lipinski definition) is 5. The molecule has 0 radical (unpaired) electrons. The lowest BCUT2D eigenvalue weighted by Crippen LogP contribution is -2.14. The molecule has 1 amide bonds. The van der Waals surface area contributed by atoms with Crippen molar-refractivity contribution in [3.63, 3.8) is 0 Å². The number of ether oxygens (including phenoxy) is 2. The Hall–Kier alpha value is -4.28. The first kappa shape index (κ1) is 25.3. The summed E-state index contributed by atoms with van der Waals surface area (Å²) in [6.45, 7) is 4.47. The quantitative estimate of drug-likeness (QED) is 0.287. The second kappa shape index (κ2) is 11.7. The molecule has 178 valence electrons. The number of amides is 1. The van der Waals surface area contributed by atoms with E-state index in [-0.39, 0.29) is 28.5 Å². The van der Waals surface area contributed by atoms with Gasteiger partial charge in [-0.2, -0.15) is 5.26 Å². The van der Waals surface area contributed by atoms with Crippen LogP contribution in [0.4, 0.5) is 5.69 Å². The highest BCUT2D eigenvalue weighted by Crippen LogP contribution is 2.38. The number of hydrogen-bond donors (Lipinski definition) is 2. The highest BCUT2D eigenvalue weighted by atomic mass is 35.5.